The monoisotopic (exact) mass is 270 g/mol. The lowest BCUT2D eigenvalue weighted by atomic mass is 9.88. The average Bonchev–Trinajstić information content (AvgIpc) is 2.41. The summed E-state index contributed by atoms with van der Waals surface area (Å²) >= 11 is 2.08. The van der Waals surface area contributed by atoms with Gasteiger partial charge in [0, 0.05) is 23.9 Å². The number of thioether (sulfide) groups is 1. The van der Waals surface area contributed by atoms with Gasteiger partial charge in [-0.1, -0.05) is 20.3 Å². The van der Waals surface area contributed by atoms with Gasteiger partial charge in [0.05, 0.1) is 0 Å². The molecule has 4 unspecified atom stereocenters. The molecule has 1 aliphatic heterocycles. The van der Waals surface area contributed by atoms with E-state index in [1.165, 1.54) is 45.2 Å². The van der Waals surface area contributed by atoms with Crippen LogP contribution in [0.2, 0.25) is 0 Å². The van der Waals surface area contributed by atoms with Gasteiger partial charge in [0.25, 0.3) is 0 Å². The molecule has 0 amide bonds. The Hall–Kier alpha value is 0.270. The molecule has 2 rings (SSSR count). The largest absolute Gasteiger partial charge is 0.314 e. The minimum atomic E-state index is 0.756. The fourth-order valence-electron chi connectivity index (χ4n) is 3.74. The molecule has 4 atom stereocenters. The number of hydrogen-bond donors (Lipinski definition) is 1. The van der Waals surface area contributed by atoms with E-state index in [0.717, 1.165) is 29.8 Å². The quantitative estimate of drug-likeness (QED) is 0.845. The van der Waals surface area contributed by atoms with Gasteiger partial charge in [0.2, 0.25) is 0 Å². The van der Waals surface area contributed by atoms with Crippen LogP contribution < -0.4 is 5.32 Å². The molecule has 2 nitrogen and oxygen atoms in total. The van der Waals surface area contributed by atoms with E-state index >= 15 is 0 Å². The zero-order chi connectivity index (χ0) is 13.0. The van der Waals surface area contributed by atoms with E-state index in [1.54, 1.807) is 0 Å². The Kier molecular flexibility index (Phi) is 5.84. The second-order valence-electron chi connectivity index (χ2n) is 6.10. The number of rotatable bonds is 4. The van der Waals surface area contributed by atoms with Crippen molar-refractivity contribution < 1.29 is 0 Å². The van der Waals surface area contributed by atoms with Crippen molar-refractivity contribution in [3.8, 4) is 0 Å². The van der Waals surface area contributed by atoms with Gasteiger partial charge < -0.3 is 5.32 Å². The smallest absolute Gasteiger partial charge is 0.0117 e. The number of hydrogen-bond acceptors (Lipinski definition) is 3. The van der Waals surface area contributed by atoms with Gasteiger partial charge in [0.1, 0.15) is 0 Å². The molecule has 0 aromatic carbocycles. The van der Waals surface area contributed by atoms with E-state index in [4.69, 9.17) is 0 Å². The lowest BCUT2D eigenvalue weighted by Crippen LogP contribution is -2.52. The van der Waals surface area contributed by atoms with Crippen LogP contribution in [0.25, 0.3) is 0 Å². The number of likely N-dealkylation sites (tertiary alicyclic amines) is 1. The normalized spacial score (nSPS) is 38.8. The van der Waals surface area contributed by atoms with Crippen LogP contribution >= 0.6 is 11.8 Å². The first kappa shape index (κ1) is 14.7. The molecule has 0 aromatic heterocycles. The molecule has 1 N–H and O–H groups in total. The third-order valence-electron chi connectivity index (χ3n) is 4.85. The summed E-state index contributed by atoms with van der Waals surface area (Å²) in [5.74, 6) is 0.813. The summed E-state index contributed by atoms with van der Waals surface area (Å²) in [6.45, 7) is 8.39. The van der Waals surface area contributed by atoms with Crippen LogP contribution in [0.4, 0.5) is 0 Å². The highest BCUT2D eigenvalue weighted by molar-refractivity contribution is 7.99. The summed E-state index contributed by atoms with van der Waals surface area (Å²) in [5.41, 5.74) is 0. The van der Waals surface area contributed by atoms with Crippen LogP contribution in [-0.2, 0) is 0 Å². The number of nitrogens with zero attached hydrogens (tertiary/aromatic N) is 1. The Bertz CT molecular complexity index is 247. The van der Waals surface area contributed by atoms with Crippen molar-refractivity contribution in [1.82, 2.24) is 10.2 Å². The van der Waals surface area contributed by atoms with Crippen molar-refractivity contribution in [3.05, 3.63) is 0 Å². The third kappa shape index (κ3) is 3.64. The van der Waals surface area contributed by atoms with Crippen LogP contribution in [0.5, 0.6) is 0 Å². The summed E-state index contributed by atoms with van der Waals surface area (Å²) in [6, 6.07) is 1.63. The zero-order valence-corrected chi connectivity index (χ0v) is 13.1. The van der Waals surface area contributed by atoms with Gasteiger partial charge in [-0.05, 0) is 50.9 Å². The Morgan fingerprint density at radius 3 is 2.78 bits per heavy atom. The van der Waals surface area contributed by atoms with Crippen LogP contribution in [-0.4, -0.2) is 48.1 Å². The van der Waals surface area contributed by atoms with Crippen molar-refractivity contribution >= 4 is 11.8 Å². The molecule has 1 saturated heterocycles. The van der Waals surface area contributed by atoms with Crippen molar-refractivity contribution in [3.63, 3.8) is 0 Å². The molecule has 0 aromatic rings. The molecular formula is C15H30N2S. The predicted octanol–water partition coefficient (Wildman–Crippen LogP) is 2.98. The molecule has 3 heteroatoms. The molecule has 0 spiro atoms. The SMILES string of the molecule is CCNC1CCN(C2CCCC(SC)C2)CC1C. The summed E-state index contributed by atoms with van der Waals surface area (Å²) in [4.78, 5) is 2.79. The third-order valence-corrected chi connectivity index (χ3v) is 5.95. The van der Waals surface area contributed by atoms with Crippen LogP contribution in [0.1, 0.15) is 46.0 Å². The Morgan fingerprint density at radius 1 is 1.28 bits per heavy atom. The van der Waals surface area contributed by atoms with E-state index in [-0.39, 0.29) is 0 Å². The number of piperidine rings is 1. The molecule has 2 aliphatic rings. The van der Waals surface area contributed by atoms with Gasteiger partial charge in [-0.15, -0.1) is 0 Å². The van der Waals surface area contributed by atoms with E-state index in [1.807, 2.05) is 0 Å². The molecule has 1 aliphatic carbocycles. The Balaban J connectivity index is 1.83. The minimum Gasteiger partial charge on any atom is -0.314 e. The first-order valence-electron chi connectivity index (χ1n) is 7.74. The van der Waals surface area contributed by atoms with Gasteiger partial charge >= 0.3 is 0 Å². The van der Waals surface area contributed by atoms with Gasteiger partial charge in [-0.3, -0.25) is 4.90 Å². The molecule has 2 fully saturated rings. The lowest BCUT2D eigenvalue weighted by molar-refractivity contribution is 0.0856. The fourth-order valence-corrected chi connectivity index (χ4v) is 4.56. The maximum absolute atomic E-state index is 3.65. The van der Waals surface area contributed by atoms with Crippen LogP contribution in [0, 0.1) is 5.92 Å². The molecule has 0 bridgehead atoms. The minimum absolute atomic E-state index is 0.756. The highest BCUT2D eigenvalue weighted by atomic mass is 32.2. The Labute approximate surface area is 117 Å². The van der Waals surface area contributed by atoms with Crippen LogP contribution in [0.3, 0.4) is 0 Å². The standard InChI is InChI=1S/C15H30N2S/c1-4-16-15-8-9-17(11-12(15)2)13-6-5-7-14(10-13)18-3/h12-16H,4-11H2,1-3H3. The van der Waals surface area contributed by atoms with Crippen LogP contribution in [0.15, 0.2) is 0 Å². The summed E-state index contributed by atoms with van der Waals surface area (Å²) in [5, 5.41) is 4.57. The number of nitrogens with one attached hydrogen (secondary N) is 1. The molecule has 106 valence electrons. The van der Waals surface area contributed by atoms with Gasteiger partial charge in [-0.2, -0.15) is 11.8 Å². The van der Waals surface area contributed by atoms with Gasteiger partial charge in [-0.25, -0.2) is 0 Å². The van der Waals surface area contributed by atoms with E-state index < -0.39 is 0 Å². The molecular weight excluding hydrogens is 240 g/mol. The maximum Gasteiger partial charge on any atom is 0.0117 e. The first-order chi connectivity index (χ1) is 8.74. The molecule has 1 heterocycles. The van der Waals surface area contributed by atoms with Crippen molar-refractivity contribution in [2.45, 2.75) is 63.3 Å². The molecule has 18 heavy (non-hydrogen) atoms. The molecule has 0 radical (unpaired) electrons. The van der Waals surface area contributed by atoms with E-state index in [0.29, 0.717) is 0 Å². The average molecular weight is 270 g/mol. The van der Waals surface area contributed by atoms with E-state index in [9.17, 15) is 0 Å². The lowest BCUT2D eigenvalue weighted by Gasteiger charge is -2.44. The second kappa shape index (κ2) is 7.16. The Morgan fingerprint density at radius 2 is 2.11 bits per heavy atom. The van der Waals surface area contributed by atoms with Crippen molar-refractivity contribution in [2.75, 3.05) is 25.9 Å². The van der Waals surface area contributed by atoms with E-state index in [2.05, 4.69) is 42.1 Å². The predicted molar refractivity (Wildman–Crippen MR) is 82.4 cm³/mol. The summed E-state index contributed by atoms with van der Waals surface area (Å²) in [6.07, 6.45) is 9.39. The zero-order valence-electron chi connectivity index (χ0n) is 12.3. The summed E-state index contributed by atoms with van der Waals surface area (Å²) in [7, 11) is 0. The van der Waals surface area contributed by atoms with Crippen molar-refractivity contribution in [2.24, 2.45) is 5.92 Å². The fraction of sp³-hybridized carbons (Fsp3) is 1.00. The topological polar surface area (TPSA) is 15.3 Å². The highest BCUT2D eigenvalue weighted by Crippen LogP contribution is 2.32. The van der Waals surface area contributed by atoms with Crippen molar-refractivity contribution in [1.29, 1.82) is 0 Å². The summed E-state index contributed by atoms with van der Waals surface area (Å²) < 4.78 is 0. The van der Waals surface area contributed by atoms with Gasteiger partial charge in [0.15, 0.2) is 0 Å². The highest BCUT2D eigenvalue weighted by Gasteiger charge is 2.32. The molecule has 1 saturated carbocycles. The first-order valence-corrected chi connectivity index (χ1v) is 9.03. The maximum atomic E-state index is 3.65. The second-order valence-corrected chi connectivity index (χ2v) is 7.24.